The number of rotatable bonds is 2. The molecular weight excluding hydrogens is 410 g/mol. The summed E-state index contributed by atoms with van der Waals surface area (Å²) in [6.07, 6.45) is 8.70. The minimum atomic E-state index is 0.257. The Morgan fingerprint density at radius 1 is 0.647 bits per heavy atom. The molecule has 5 atom stereocenters. The van der Waals surface area contributed by atoms with E-state index in [0.717, 1.165) is 29.4 Å². The molecule has 3 fully saturated rings. The normalized spacial score (nSPS) is 30.4. The molecule has 1 spiro atoms. The lowest BCUT2D eigenvalue weighted by Gasteiger charge is -2.41. The molecule has 0 radical (unpaired) electrons. The third-order valence-corrected chi connectivity index (χ3v) is 9.93. The van der Waals surface area contributed by atoms with Gasteiger partial charge >= 0.3 is 0 Å². The van der Waals surface area contributed by atoms with E-state index < -0.39 is 0 Å². The third kappa shape index (κ3) is 2.51. The van der Waals surface area contributed by atoms with Crippen molar-refractivity contribution in [2.45, 2.75) is 43.9 Å². The second kappa shape index (κ2) is 6.98. The number of fused-ring (bicyclic) bond motifs is 10. The van der Waals surface area contributed by atoms with Gasteiger partial charge in [0.2, 0.25) is 0 Å². The first-order valence-corrected chi connectivity index (χ1v) is 13.3. The molecule has 1 nitrogen and oxygen atoms in total. The van der Waals surface area contributed by atoms with Crippen LogP contribution in [0.1, 0.15) is 49.7 Å². The van der Waals surface area contributed by atoms with Crippen LogP contribution in [0.15, 0.2) is 84.9 Å². The fourth-order valence-corrected chi connectivity index (χ4v) is 8.89. The van der Waals surface area contributed by atoms with Gasteiger partial charge in [-0.2, -0.15) is 0 Å². The predicted octanol–water partition coefficient (Wildman–Crippen LogP) is 8.70. The maximum Gasteiger partial charge on any atom is 0.0390 e. The van der Waals surface area contributed by atoms with Gasteiger partial charge in [0, 0.05) is 16.8 Å². The molecule has 0 aliphatic heterocycles. The summed E-state index contributed by atoms with van der Waals surface area (Å²) in [5.74, 6) is 3.55. The first-order chi connectivity index (χ1) is 16.8. The first kappa shape index (κ1) is 19.3. The lowest BCUT2D eigenvalue weighted by atomic mass is 9.62. The summed E-state index contributed by atoms with van der Waals surface area (Å²) in [5.41, 5.74) is 8.87. The second-order valence-corrected chi connectivity index (χ2v) is 11.4. The van der Waals surface area contributed by atoms with Gasteiger partial charge in [-0.25, -0.2) is 0 Å². The zero-order valence-electron chi connectivity index (χ0n) is 19.6. The molecule has 0 saturated heterocycles. The van der Waals surface area contributed by atoms with Crippen LogP contribution in [0.4, 0.5) is 11.4 Å². The van der Waals surface area contributed by atoms with Crippen LogP contribution in [0.2, 0.25) is 0 Å². The summed E-state index contributed by atoms with van der Waals surface area (Å²) in [5, 5.41) is 6.29. The van der Waals surface area contributed by atoms with Gasteiger partial charge in [-0.1, -0.05) is 73.5 Å². The fraction of sp³-hybridized carbons (Fsp3) is 0.333. The number of hydrogen-bond donors (Lipinski definition) is 1. The van der Waals surface area contributed by atoms with E-state index in [0.29, 0.717) is 0 Å². The highest BCUT2D eigenvalue weighted by molar-refractivity contribution is 5.88. The molecule has 0 amide bonds. The molecule has 3 bridgehead atoms. The van der Waals surface area contributed by atoms with Gasteiger partial charge in [-0.3, -0.25) is 0 Å². The second-order valence-electron chi connectivity index (χ2n) is 11.4. The Balaban J connectivity index is 1.26. The van der Waals surface area contributed by atoms with Crippen molar-refractivity contribution in [2.75, 3.05) is 5.32 Å². The van der Waals surface area contributed by atoms with E-state index >= 15 is 0 Å². The predicted molar refractivity (Wildman–Crippen MR) is 142 cm³/mol. The van der Waals surface area contributed by atoms with Crippen LogP contribution >= 0.6 is 0 Å². The minimum absolute atomic E-state index is 0.257. The smallest absolute Gasteiger partial charge is 0.0390 e. The highest BCUT2D eigenvalue weighted by Crippen LogP contribution is 2.69. The zero-order valence-corrected chi connectivity index (χ0v) is 19.6. The van der Waals surface area contributed by atoms with Gasteiger partial charge in [-0.15, -0.1) is 0 Å². The summed E-state index contributed by atoms with van der Waals surface area (Å²) in [6, 6.07) is 32.0. The Hall–Kier alpha value is -3.06. The van der Waals surface area contributed by atoms with Crippen molar-refractivity contribution in [3.63, 3.8) is 0 Å². The third-order valence-electron chi connectivity index (χ3n) is 9.93. The number of anilines is 2. The number of benzene rings is 4. The van der Waals surface area contributed by atoms with Crippen LogP contribution in [0, 0.1) is 23.7 Å². The molecule has 4 aliphatic carbocycles. The monoisotopic (exact) mass is 441 g/mol. The van der Waals surface area contributed by atoms with Crippen molar-refractivity contribution in [1.82, 2.24) is 0 Å². The molecule has 0 aromatic heterocycles. The number of hydrogen-bond acceptors (Lipinski definition) is 1. The van der Waals surface area contributed by atoms with Gasteiger partial charge in [0.15, 0.2) is 0 Å². The lowest BCUT2D eigenvalue weighted by Crippen LogP contribution is -2.37. The van der Waals surface area contributed by atoms with Crippen LogP contribution in [0.3, 0.4) is 0 Å². The van der Waals surface area contributed by atoms with Crippen LogP contribution < -0.4 is 5.32 Å². The van der Waals surface area contributed by atoms with Gasteiger partial charge in [0.1, 0.15) is 0 Å². The topological polar surface area (TPSA) is 12.0 Å². The molecule has 1 N–H and O–H groups in total. The average Bonchev–Trinajstić information content (AvgIpc) is 3.21. The molecule has 8 rings (SSSR count). The van der Waals surface area contributed by atoms with E-state index in [-0.39, 0.29) is 5.41 Å². The average molecular weight is 442 g/mol. The molecular formula is C33H31N. The quantitative estimate of drug-likeness (QED) is 0.328. The fourth-order valence-electron chi connectivity index (χ4n) is 8.89. The van der Waals surface area contributed by atoms with Crippen molar-refractivity contribution in [2.24, 2.45) is 23.7 Å². The molecule has 168 valence electrons. The van der Waals surface area contributed by atoms with Crippen molar-refractivity contribution in [1.29, 1.82) is 0 Å². The van der Waals surface area contributed by atoms with Crippen LogP contribution in [0.5, 0.6) is 0 Å². The molecule has 34 heavy (non-hydrogen) atoms. The highest BCUT2D eigenvalue weighted by atomic mass is 14.9. The van der Waals surface area contributed by atoms with E-state index in [1.165, 1.54) is 66.1 Å². The Morgan fingerprint density at radius 2 is 1.44 bits per heavy atom. The number of nitrogens with one attached hydrogen (secondary N) is 1. The standard InChI is InChI=1S/C33H31N/c1-2-8-23-19-26(13-12-22(23)7-1)34-27-14-15-32-29(20-27)28-9-3-4-10-31(28)33(32)25-17-21-6-5-11-30(33)24(16-21)18-25/h1-4,7-10,12-15,19-21,24-25,30,34H,5-6,11,16-18H2. The molecule has 5 unspecified atom stereocenters. The van der Waals surface area contributed by atoms with Gasteiger partial charge in [0.05, 0.1) is 0 Å². The van der Waals surface area contributed by atoms with Crippen LogP contribution in [-0.4, -0.2) is 0 Å². The molecule has 1 heteroatoms. The maximum absolute atomic E-state index is 3.73. The molecule has 4 aromatic carbocycles. The van der Waals surface area contributed by atoms with Crippen molar-refractivity contribution in [3.8, 4) is 11.1 Å². The maximum atomic E-state index is 3.73. The van der Waals surface area contributed by atoms with Crippen molar-refractivity contribution in [3.05, 3.63) is 96.1 Å². The Morgan fingerprint density at radius 3 is 2.41 bits per heavy atom. The van der Waals surface area contributed by atoms with Crippen LogP contribution in [-0.2, 0) is 5.41 Å². The summed E-state index contributed by atoms with van der Waals surface area (Å²) < 4.78 is 0. The highest BCUT2D eigenvalue weighted by Gasteiger charge is 2.62. The Bertz CT molecular complexity index is 1430. The van der Waals surface area contributed by atoms with Gasteiger partial charge in [0.25, 0.3) is 0 Å². The van der Waals surface area contributed by atoms with Gasteiger partial charge in [-0.05, 0) is 107 Å². The van der Waals surface area contributed by atoms with E-state index in [1.54, 1.807) is 11.1 Å². The van der Waals surface area contributed by atoms with E-state index in [1.807, 2.05) is 0 Å². The molecule has 4 aliphatic rings. The van der Waals surface area contributed by atoms with E-state index in [2.05, 4.69) is 90.2 Å². The first-order valence-electron chi connectivity index (χ1n) is 13.3. The Kier molecular flexibility index (Phi) is 3.96. The summed E-state index contributed by atoms with van der Waals surface area (Å²) in [4.78, 5) is 0. The van der Waals surface area contributed by atoms with E-state index in [9.17, 15) is 0 Å². The summed E-state index contributed by atoms with van der Waals surface area (Å²) in [6.45, 7) is 0. The molecule has 3 saturated carbocycles. The minimum Gasteiger partial charge on any atom is -0.355 e. The molecule has 4 aromatic rings. The zero-order chi connectivity index (χ0) is 22.3. The lowest BCUT2D eigenvalue weighted by molar-refractivity contribution is 0.224. The molecule has 0 heterocycles. The van der Waals surface area contributed by atoms with E-state index in [4.69, 9.17) is 0 Å². The van der Waals surface area contributed by atoms with Crippen molar-refractivity contribution >= 4 is 22.1 Å². The summed E-state index contributed by atoms with van der Waals surface area (Å²) >= 11 is 0. The van der Waals surface area contributed by atoms with Crippen LogP contribution in [0.25, 0.3) is 21.9 Å². The van der Waals surface area contributed by atoms with Crippen molar-refractivity contribution < 1.29 is 0 Å². The largest absolute Gasteiger partial charge is 0.355 e. The SMILES string of the molecule is c1ccc2c(c1)-c1cc(Nc3ccc4ccccc4c3)ccc1C21C2CC3CCCC1C(C3)C2. The summed E-state index contributed by atoms with van der Waals surface area (Å²) in [7, 11) is 0. The van der Waals surface area contributed by atoms with Gasteiger partial charge < -0.3 is 5.32 Å². The Labute approximate surface area is 202 Å².